The van der Waals surface area contributed by atoms with Gasteiger partial charge in [-0.3, -0.25) is 14.5 Å². The van der Waals surface area contributed by atoms with Gasteiger partial charge in [0.2, 0.25) is 5.91 Å². The molecule has 1 amide bonds. The van der Waals surface area contributed by atoms with Crippen LogP contribution in [0.4, 0.5) is 0 Å². The fraction of sp³-hybridized carbons (Fsp3) is 0.375. The minimum atomic E-state index is 0.0316. The van der Waals surface area contributed by atoms with Crippen molar-refractivity contribution >= 4 is 11.7 Å². The van der Waals surface area contributed by atoms with E-state index in [9.17, 15) is 9.59 Å². The number of amides is 1. The molecule has 0 aliphatic carbocycles. The lowest BCUT2D eigenvalue weighted by Gasteiger charge is -2.34. The first kappa shape index (κ1) is 21.5. The van der Waals surface area contributed by atoms with Gasteiger partial charge >= 0.3 is 0 Å². The third-order valence-corrected chi connectivity index (χ3v) is 5.28. The van der Waals surface area contributed by atoms with Crippen LogP contribution in [0.5, 0.6) is 5.75 Å². The van der Waals surface area contributed by atoms with E-state index < -0.39 is 0 Å². The quantitative estimate of drug-likeness (QED) is 0.498. The Bertz CT molecular complexity index is 893. The average molecular weight is 405 g/mol. The Morgan fingerprint density at radius 1 is 1.00 bits per heavy atom. The average Bonchev–Trinajstić information content (AvgIpc) is 2.78. The summed E-state index contributed by atoms with van der Waals surface area (Å²) in [5.74, 6) is 0.913. The molecule has 1 saturated heterocycles. The second-order valence-electron chi connectivity index (χ2n) is 7.50. The fourth-order valence-electron chi connectivity index (χ4n) is 3.46. The highest BCUT2D eigenvalue weighted by Gasteiger charge is 2.20. The smallest absolute Gasteiger partial charge is 0.222 e. The summed E-state index contributed by atoms with van der Waals surface area (Å²) in [5.41, 5.74) is 2.52. The van der Waals surface area contributed by atoms with Crippen LogP contribution >= 0.6 is 0 Å². The van der Waals surface area contributed by atoms with Crippen LogP contribution in [0.3, 0.4) is 0 Å². The van der Waals surface area contributed by atoms with Crippen molar-refractivity contribution in [3.63, 3.8) is 0 Å². The second kappa shape index (κ2) is 10.6. The van der Waals surface area contributed by atoms with E-state index in [1.165, 1.54) is 12.5 Å². The number of carbonyl (C=O) groups excluding carboxylic acids is 2. The summed E-state index contributed by atoms with van der Waals surface area (Å²) >= 11 is 0. The van der Waals surface area contributed by atoms with E-state index in [1.807, 2.05) is 29.2 Å². The van der Waals surface area contributed by atoms with Gasteiger partial charge in [0, 0.05) is 44.7 Å². The standard InChI is InChI=1S/C24H27N3O3/c1-19(28)22-8-10-23(11-9-22)30-16-2-3-24(29)27-14-12-26(13-15-27)18-21-6-4-20(17-25)5-7-21/h4-11H,2-3,12-16,18H2,1H3. The van der Waals surface area contributed by atoms with Crippen LogP contribution < -0.4 is 4.74 Å². The summed E-state index contributed by atoms with van der Waals surface area (Å²) in [4.78, 5) is 28.0. The second-order valence-corrected chi connectivity index (χ2v) is 7.50. The van der Waals surface area contributed by atoms with Crippen LogP contribution in [0.25, 0.3) is 0 Å². The molecule has 1 fully saturated rings. The SMILES string of the molecule is CC(=O)c1ccc(OCCCC(=O)N2CCN(Cc3ccc(C#N)cc3)CC2)cc1. The summed E-state index contributed by atoms with van der Waals surface area (Å²) in [6.45, 7) is 6.03. The zero-order valence-corrected chi connectivity index (χ0v) is 17.3. The molecule has 2 aromatic rings. The van der Waals surface area contributed by atoms with Gasteiger partial charge in [-0.2, -0.15) is 5.26 Å². The molecular formula is C24H27N3O3. The lowest BCUT2D eigenvalue weighted by Crippen LogP contribution is -2.48. The first-order valence-electron chi connectivity index (χ1n) is 10.3. The molecule has 0 bridgehead atoms. The van der Waals surface area contributed by atoms with E-state index in [2.05, 4.69) is 11.0 Å². The number of piperazine rings is 1. The van der Waals surface area contributed by atoms with E-state index in [-0.39, 0.29) is 11.7 Å². The minimum Gasteiger partial charge on any atom is -0.494 e. The third kappa shape index (κ3) is 6.16. The lowest BCUT2D eigenvalue weighted by atomic mass is 10.1. The van der Waals surface area contributed by atoms with Crippen LogP contribution in [0.15, 0.2) is 48.5 Å². The van der Waals surface area contributed by atoms with Crippen LogP contribution in [-0.2, 0) is 11.3 Å². The number of Topliss-reactive ketones (excluding diaryl/α,β-unsaturated/α-hetero) is 1. The number of benzene rings is 2. The van der Waals surface area contributed by atoms with E-state index in [1.54, 1.807) is 24.3 Å². The summed E-state index contributed by atoms with van der Waals surface area (Å²) in [6.07, 6.45) is 1.14. The Labute approximate surface area is 177 Å². The number of ketones is 1. The van der Waals surface area contributed by atoms with Crippen LogP contribution in [0.1, 0.15) is 41.3 Å². The van der Waals surface area contributed by atoms with E-state index in [0.717, 1.165) is 32.7 Å². The van der Waals surface area contributed by atoms with Crippen molar-refractivity contribution in [3.8, 4) is 11.8 Å². The zero-order valence-electron chi connectivity index (χ0n) is 17.3. The van der Waals surface area contributed by atoms with Crippen LogP contribution in [0.2, 0.25) is 0 Å². The van der Waals surface area contributed by atoms with Crippen molar-refractivity contribution in [2.24, 2.45) is 0 Å². The topological polar surface area (TPSA) is 73.6 Å². The minimum absolute atomic E-state index is 0.0316. The summed E-state index contributed by atoms with van der Waals surface area (Å²) in [6, 6.07) is 16.9. The van der Waals surface area contributed by atoms with E-state index >= 15 is 0 Å². The molecule has 6 heteroatoms. The molecule has 0 aromatic heterocycles. The maximum absolute atomic E-state index is 12.4. The summed E-state index contributed by atoms with van der Waals surface area (Å²) < 4.78 is 5.67. The molecule has 3 rings (SSSR count). The molecule has 0 N–H and O–H groups in total. The van der Waals surface area contributed by atoms with Gasteiger partial charge in [-0.1, -0.05) is 12.1 Å². The summed E-state index contributed by atoms with van der Waals surface area (Å²) in [7, 11) is 0. The Morgan fingerprint density at radius 3 is 2.27 bits per heavy atom. The monoisotopic (exact) mass is 405 g/mol. The number of nitriles is 1. The van der Waals surface area contributed by atoms with Gasteiger partial charge in [0.25, 0.3) is 0 Å². The van der Waals surface area contributed by atoms with Crippen molar-refractivity contribution in [3.05, 3.63) is 65.2 Å². The molecule has 0 spiro atoms. The molecule has 2 aromatic carbocycles. The molecule has 30 heavy (non-hydrogen) atoms. The van der Waals surface area contributed by atoms with E-state index in [0.29, 0.717) is 36.3 Å². The number of rotatable bonds is 8. The van der Waals surface area contributed by atoms with Crippen molar-refractivity contribution < 1.29 is 14.3 Å². The Balaban J connectivity index is 1.33. The largest absolute Gasteiger partial charge is 0.494 e. The molecule has 1 aliphatic rings. The maximum atomic E-state index is 12.4. The number of ether oxygens (including phenoxy) is 1. The molecule has 1 aliphatic heterocycles. The highest BCUT2D eigenvalue weighted by Crippen LogP contribution is 2.14. The molecular weight excluding hydrogens is 378 g/mol. The molecule has 1 heterocycles. The van der Waals surface area contributed by atoms with Gasteiger partial charge in [-0.05, 0) is 55.3 Å². The van der Waals surface area contributed by atoms with E-state index in [4.69, 9.17) is 10.00 Å². The number of hydrogen-bond acceptors (Lipinski definition) is 5. The van der Waals surface area contributed by atoms with Gasteiger partial charge in [-0.25, -0.2) is 0 Å². The van der Waals surface area contributed by atoms with Crippen molar-refractivity contribution in [2.75, 3.05) is 32.8 Å². The summed E-state index contributed by atoms with van der Waals surface area (Å²) in [5, 5.41) is 8.88. The van der Waals surface area contributed by atoms with Crippen LogP contribution in [0, 0.1) is 11.3 Å². The Morgan fingerprint density at radius 2 is 1.67 bits per heavy atom. The van der Waals surface area contributed by atoms with Gasteiger partial charge in [0.05, 0.1) is 18.2 Å². The number of nitrogens with zero attached hydrogens (tertiary/aromatic N) is 3. The molecule has 6 nitrogen and oxygen atoms in total. The van der Waals surface area contributed by atoms with Crippen molar-refractivity contribution in [1.82, 2.24) is 9.80 Å². The Hall–Kier alpha value is -3.17. The van der Waals surface area contributed by atoms with Gasteiger partial charge in [0.1, 0.15) is 5.75 Å². The highest BCUT2D eigenvalue weighted by molar-refractivity contribution is 5.94. The predicted octanol–water partition coefficient (Wildman–Crippen LogP) is 3.26. The first-order valence-corrected chi connectivity index (χ1v) is 10.3. The van der Waals surface area contributed by atoms with Gasteiger partial charge in [0.15, 0.2) is 5.78 Å². The Kier molecular flexibility index (Phi) is 7.58. The lowest BCUT2D eigenvalue weighted by molar-refractivity contribution is -0.133. The fourth-order valence-corrected chi connectivity index (χ4v) is 3.46. The normalized spacial score (nSPS) is 14.2. The molecule has 0 unspecified atom stereocenters. The number of carbonyl (C=O) groups is 2. The maximum Gasteiger partial charge on any atom is 0.222 e. The molecule has 0 saturated carbocycles. The molecule has 156 valence electrons. The number of hydrogen-bond donors (Lipinski definition) is 0. The molecule has 0 radical (unpaired) electrons. The van der Waals surface area contributed by atoms with Gasteiger partial charge in [-0.15, -0.1) is 0 Å². The third-order valence-electron chi connectivity index (χ3n) is 5.28. The van der Waals surface area contributed by atoms with Crippen LogP contribution in [-0.4, -0.2) is 54.3 Å². The van der Waals surface area contributed by atoms with Crippen molar-refractivity contribution in [2.45, 2.75) is 26.3 Å². The molecule has 0 atom stereocenters. The zero-order chi connectivity index (χ0) is 21.3. The van der Waals surface area contributed by atoms with Gasteiger partial charge < -0.3 is 9.64 Å². The highest BCUT2D eigenvalue weighted by atomic mass is 16.5. The predicted molar refractivity (Wildman–Crippen MR) is 114 cm³/mol. The van der Waals surface area contributed by atoms with Crippen molar-refractivity contribution in [1.29, 1.82) is 5.26 Å². The first-order chi connectivity index (χ1) is 14.5.